The van der Waals surface area contributed by atoms with E-state index in [1.807, 2.05) is 54.6 Å². The lowest BCUT2D eigenvalue weighted by Crippen LogP contribution is -2.00. The lowest BCUT2D eigenvalue weighted by Gasteiger charge is -2.10. The molecule has 0 aliphatic carbocycles. The first-order valence-corrected chi connectivity index (χ1v) is 14.9. The van der Waals surface area contributed by atoms with Gasteiger partial charge in [0.25, 0.3) is 0 Å². The van der Waals surface area contributed by atoms with Crippen molar-refractivity contribution >= 4 is 32.7 Å². The van der Waals surface area contributed by atoms with Crippen LogP contribution in [0.2, 0.25) is 0 Å². The number of benzene rings is 7. The maximum Gasteiger partial charge on any atom is 0.164 e. The Balaban J connectivity index is 1.17. The van der Waals surface area contributed by atoms with Gasteiger partial charge in [0.1, 0.15) is 11.2 Å². The lowest BCUT2D eigenvalue weighted by atomic mass is 9.95. The first-order chi connectivity index (χ1) is 27.4. The third-order valence-electron chi connectivity index (χ3n) is 8.09. The SMILES string of the molecule is [2H]c1c([2H])c([2H])c(-c2nc(-c3cccc(-c4ccc5cc(-c6cccc7oc8ccccc8c67)ccc5c4)c3)nc(-c3c([2H])c([2H])c([2H])c([2H])c3[2H])n2)c([2H])c1[2H]. The summed E-state index contributed by atoms with van der Waals surface area (Å²) >= 11 is 0. The molecule has 4 heteroatoms. The van der Waals surface area contributed by atoms with Crippen LogP contribution in [0.1, 0.15) is 13.7 Å². The van der Waals surface area contributed by atoms with Crippen LogP contribution < -0.4 is 0 Å². The molecule has 0 aliphatic heterocycles. The number of aromatic nitrogens is 3. The maximum atomic E-state index is 8.60. The zero-order chi connectivity index (χ0) is 39.9. The molecule has 0 unspecified atom stereocenters. The molecular formula is C43H27N3O. The summed E-state index contributed by atoms with van der Waals surface area (Å²) in [5.74, 6) is -0.628. The van der Waals surface area contributed by atoms with Gasteiger partial charge in [-0.15, -0.1) is 0 Å². The molecule has 2 aromatic heterocycles. The number of furan rings is 1. The van der Waals surface area contributed by atoms with Crippen molar-refractivity contribution in [1.82, 2.24) is 15.0 Å². The Bertz CT molecular complexity index is 3020. The summed E-state index contributed by atoms with van der Waals surface area (Å²) < 4.78 is 89.7. The van der Waals surface area contributed by atoms with Crippen molar-refractivity contribution in [3.8, 4) is 56.4 Å². The Labute approximate surface area is 285 Å². The topological polar surface area (TPSA) is 51.8 Å². The van der Waals surface area contributed by atoms with Gasteiger partial charge in [0.15, 0.2) is 17.5 Å². The summed E-state index contributed by atoms with van der Waals surface area (Å²) in [6.45, 7) is 0. The zero-order valence-electron chi connectivity index (χ0n) is 34.6. The van der Waals surface area contributed by atoms with Crippen LogP contribution in [0.5, 0.6) is 0 Å². The van der Waals surface area contributed by atoms with Crippen LogP contribution in [0.25, 0.3) is 89.1 Å². The molecular weight excluding hydrogens is 574 g/mol. The highest BCUT2D eigenvalue weighted by molar-refractivity contribution is 6.12. The molecule has 0 amide bonds. The number of para-hydroxylation sites is 1. The van der Waals surface area contributed by atoms with Gasteiger partial charge in [0.05, 0.1) is 13.7 Å². The van der Waals surface area contributed by atoms with E-state index >= 15 is 0 Å². The minimum absolute atomic E-state index is 0.00171. The van der Waals surface area contributed by atoms with Gasteiger partial charge < -0.3 is 4.42 Å². The second kappa shape index (κ2) is 11.2. The molecule has 9 aromatic rings. The van der Waals surface area contributed by atoms with E-state index in [9.17, 15) is 0 Å². The van der Waals surface area contributed by atoms with E-state index in [1.165, 1.54) is 0 Å². The predicted molar refractivity (Wildman–Crippen MR) is 192 cm³/mol. The summed E-state index contributed by atoms with van der Waals surface area (Å²) in [7, 11) is 0. The second-order valence-corrected chi connectivity index (χ2v) is 10.9. The molecule has 0 atom stereocenters. The third kappa shape index (κ3) is 4.93. The van der Waals surface area contributed by atoms with Crippen LogP contribution in [0.4, 0.5) is 0 Å². The summed E-state index contributed by atoms with van der Waals surface area (Å²) in [4.78, 5) is 13.5. The molecule has 0 spiro atoms. The molecule has 0 aliphatic rings. The van der Waals surface area contributed by atoms with Crippen LogP contribution in [-0.2, 0) is 0 Å². The Morgan fingerprint density at radius 2 is 0.979 bits per heavy atom. The van der Waals surface area contributed by atoms with Gasteiger partial charge in [-0.25, -0.2) is 15.0 Å². The van der Waals surface area contributed by atoms with Gasteiger partial charge in [0, 0.05) is 27.5 Å². The van der Waals surface area contributed by atoms with E-state index < -0.39 is 60.4 Å². The third-order valence-corrected chi connectivity index (χ3v) is 8.09. The molecule has 220 valence electrons. The molecule has 4 nitrogen and oxygen atoms in total. The summed E-state index contributed by atoms with van der Waals surface area (Å²) in [5, 5.41) is 4.14. The van der Waals surface area contributed by atoms with Crippen molar-refractivity contribution in [2.45, 2.75) is 0 Å². The molecule has 0 bridgehead atoms. The summed E-state index contributed by atoms with van der Waals surface area (Å²) in [6, 6.07) is 27.9. The average Bonchev–Trinajstić information content (AvgIpc) is 3.62. The van der Waals surface area contributed by atoms with E-state index in [0.717, 1.165) is 55.0 Å². The average molecular weight is 612 g/mol. The molecule has 47 heavy (non-hydrogen) atoms. The highest BCUT2D eigenvalue weighted by atomic mass is 16.3. The molecule has 2 heterocycles. The predicted octanol–water partition coefficient (Wildman–Crippen LogP) is 11.3. The van der Waals surface area contributed by atoms with Gasteiger partial charge in [-0.2, -0.15) is 0 Å². The van der Waals surface area contributed by atoms with Crippen LogP contribution in [-0.4, -0.2) is 15.0 Å². The monoisotopic (exact) mass is 611 g/mol. The highest BCUT2D eigenvalue weighted by Gasteiger charge is 2.14. The maximum absolute atomic E-state index is 8.60. The Morgan fingerprint density at radius 3 is 1.70 bits per heavy atom. The van der Waals surface area contributed by atoms with E-state index in [-0.39, 0.29) is 28.6 Å². The minimum atomic E-state index is -0.602. The normalized spacial score (nSPS) is 14.4. The Kier molecular flexibility index (Phi) is 4.42. The molecule has 0 saturated carbocycles. The standard InChI is InChI=1S/C43H27N3O/c1-3-11-28(12-4-1)41-44-42(29-13-5-2-6-14-29)46-43(45-41)35-16-9-15-30(27-35)31-21-22-33-26-34(24-23-32(33)25-31)36-18-10-20-39-40(36)37-17-7-8-19-38(37)47-39/h1-27H/i1D,2D,3D,4D,5D,6D,11D,12D,13D,14D. The number of hydrogen-bond acceptors (Lipinski definition) is 4. The number of rotatable bonds is 5. The number of nitrogens with zero attached hydrogens (tertiary/aromatic N) is 3. The van der Waals surface area contributed by atoms with Gasteiger partial charge >= 0.3 is 0 Å². The summed E-state index contributed by atoms with van der Waals surface area (Å²) in [6.07, 6.45) is 0. The van der Waals surface area contributed by atoms with Gasteiger partial charge in [0.2, 0.25) is 0 Å². The first-order valence-electron chi connectivity index (χ1n) is 19.9. The van der Waals surface area contributed by atoms with E-state index in [0.29, 0.717) is 5.56 Å². The van der Waals surface area contributed by atoms with Gasteiger partial charge in [-0.05, 0) is 63.4 Å². The second-order valence-electron chi connectivity index (χ2n) is 10.9. The molecule has 0 saturated heterocycles. The fourth-order valence-corrected chi connectivity index (χ4v) is 5.90. The van der Waals surface area contributed by atoms with Crippen LogP contribution in [0, 0.1) is 0 Å². The smallest absolute Gasteiger partial charge is 0.164 e. The van der Waals surface area contributed by atoms with Crippen molar-refractivity contribution in [1.29, 1.82) is 0 Å². The fraction of sp³-hybridized carbons (Fsp3) is 0. The van der Waals surface area contributed by atoms with Crippen LogP contribution >= 0.6 is 0 Å². The van der Waals surface area contributed by atoms with Crippen molar-refractivity contribution in [2.75, 3.05) is 0 Å². The number of hydrogen-bond donors (Lipinski definition) is 0. The Morgan fingerprint density at radius 1 is 0.426 bits per heavy atom. The van der Waals surface area contributed by atoms with Crippen molar-refractivity contribution in [3.05, 3.63) is 164 Å². The fourth-order valence-electron chi connectivity index (χ4n) is 5.90. The molecule has 7 aromatic carbocycles. The lowest BCUT2D eigenvalue weighted by molar-refractivity contribution is 0.669. The minimum Gasteiger partial charge on any atom is -0.456 e. The zero-order valence-corrected chi connectivity index (χ0v) is 24.6. The molecule has 0 fully saturated rings. The van der Waals surface area contributed by atoms with Gasteiger partial charge in [-0.1, -0.05) is 133 Å². The van der Waals surface area contributed by atoms with Crippen molar-refractivity contribution in [3.63, 3.8) is 0 Å². The molecule has 9 rings (SSSR count). The van der Waals surface area contributed by atoms with E-state index in [2.05, 4.69) is 51.4 Å². The molecule has 0 N–H and O–H groups in total. The van der Waals surface area contributed by atoms with Crippen molar-refractivity contribution < 1.29 is 18.1 Å². The summed E-state index contributed by atoms with van der Waals surface area (Å²) in [5.41, 5.74) is 5.26. The van der Waals surface area contributed by atoms with Crippen LogP contribution in [0.15, 0.2) is 168 Å². The largest absolute Gasteiger partial charge is 0.456 e. The van der Waals surface area contributed by atoms with E-state index in [4.69, 9.17) is 18.1 Å². The quantitative estimate of drug-likeness (QED) is 0.194. The Hall–Kier alpha value is -6.39. The van der Waals surface area contributed by atoms with Crippen LogP contribution in [0.3, 0.4) is 0 Å². The van der Waals surface area contributed by atoms with Crippen molar-refractivity contribution in [2.24, 2.45) is 0 Å². The first kappa shape index (κ1) is 18.5. The molecule has 0 radical (unpaired) electrons. The highest BCUT2D eigenvalue weighted by Crippen LogP contribution is 2.38. The van der Waals surface area contributed by atoms with Gasteiger partial charge in [-0.3, -0.25) is 0 Å². The number of fused-ring (bicyclic) bond motifs is 4. The van der Waals surface area contributed by atoms with E-state index in [1.54, 1.807) is 12.1 Å².